The van der Waals surface area contributed by atoms with Gasteiger partial charge < -0.3 is 9.47 Å². The molecule has 0 saturated carbocycles. The van der Waals surface area contributed by atoms with E-state index in [1.165, 1.54) is 20.3 Å². The number of carbonyl (C=O) groups is 3. The Hall–Kier alpha value is -1.65. The SMILES string of the molecule is COC(=O)CCC1=CC(=O)CC[C@]1(C)C(=O)OC. The molecule has 0 bridgehead atoms. The van der Waals surface area contributed by atoms with Gasteiger partial charge in [0, 0.05) is 12.8 Å². The van der Waals surface area contributed by atoms with Gasteiger partial charge in [0.25, 0.3) is 0 Å². The largest absolute Gasteiger partial charge is 0.469 e. The van der Waals surface area contributed by atoms with E-state index in [9.17, 15) is 14.4 Å². The Kier molecular flexibility index (Phi) is 4.64. The first-order valence-corrected chi connectivity index (χ1v) is 5.83. The lowest BCUT2D eigenvalue weighted by Crippen LogP contribution is -2.35. The van der Waals surface area contributed by atoms with Crippen LogP contribution in [0.5, 0.6) is 0 Å². The Morgan fingerprint density at radius 1 is 1.33 bits per heavy atom. The molecule has 1 aliphatic carbocycles. The van der Waals surface area contributed by atoms with E-state index >= 15 is 0 Å². The molecule has 0 aromatic rings. The van der Waals surface area contributed by atoms with Gasteiger partial charge in [-0.25, -0.2) is 0 Å². The summed E-state index contributed by atoms with van der Waals surface area (Å²) in [5.41, 5.74) is -0.160. The maximum absolute atomic E-state index is 11.8. The van der Waals surface area contributed by atoms with Gasteiger partial charge in [0.15, 0.2) is 5.78 Å². The molecule has 0 N–H and O–H groups in total. The normalized spacial score (nSPS) is 23.3. The predicted octanol–water partition coefficient (Wildman–Crippen LogP) is 1.41. The van der Waals surface area contributed by atoms with Gasteiger partial charge >= 0.3 is 11.9 Å². The lowest BCUT2D eigenvalue weighted by atomic mass is 9.72. The molecule has 18 heavy (non-hydrogen) atoms. The summed E-state index contributed by atoms with van der Waals surface area (Å²) in [5.74, 6) is -0.747. The maximum Gasteiger partial charge on any atom is 0.315 e. The monoisotopic (exact) mass is 254 g/mol. The zero-order valence-corrected chi connectivity index (χ0v) is 10.9. The van der Waals surface area contributed by atoms with Crippen LogP contribution in [0, 0.1) is 5.41 Å². The lowest BCUT2D eigenvalue weighted by molar-refractivity contribution is -0.151. The van der Waals surface area contributed by atoms with Crippen molar-refractivity contribution in [3.8, 4) is 0 Å². The van der Waals surface area contributed by atoms with E-state index in [2.05, 4.69) is 4.74 Å². The first kappa shape index (κ1) is 14.4. The topological polar surface area (TPSA) is 69.7 Å². The molecule has 0 aromatic carbocycles. The average molecular weight is 254 g/mol. The van der Waals surface area contributed by atoms with Gasteiger partial charge in [-0.15, -0.1) is 0 Å². The van der Waals surface area contributed by atoms with Gasteiger partial charge in [0.05, 0.1) is 19.6 Å². The highest BCUT2D eigenvalue weighted by molar-refractivity contribution is 5.95. The molecule has 0 fully saturated rings. The highest BCUT2D eigenvalue weighted by Crippen LogP contribution is 2.39. The molecule has 5 heteroatoms. The number of carbonyl (C=O) groups excluding carboxylic acids is 3. The minimum atomic E-state index is -0.809. The van der Waals surface area contributed by atoms with Crippen LogP contribution < -0.4 is 0 Å². The molecular formula is C13H18O5. The van der Waals surface area contributed by atoms with E-state index in [1.54, 1.807) is 6.92 Å². The van der Waals surface area contributed by atoms with Crippen LogP contribution in [0.25, 0.3) is 0 Å². The summed E-state index contributed by atoms with van der Waals surface area (Å²) in [7, 11) is 2.63. The third-order valence-electron chi connectivity index (χ3n) is 3.38. The first-order valence-electron chi connectivity index (χ1n) is 5.83. The van der Waals surface area contributed by atoms with E-state index in [0.29, 0.717) is 24.8 Å². The number of allylic oxidation sites excluding steroid dienone is 1. The standard InChI is InChI=1S/C13H18O5/c1-13(12(16)18-3)7-6-10(14)8-9(13)4-5-11(15)17-2/h8H,4-7H2,1-3H3/t13-/m0/s1. The summed E-state index contributed by atoms with van der Waals surface area (Å²) in [6.45, 7) is 1.74. The number of hydrogen-bond donors (Lipinski definition) is 0. The van der Waals surface area contributed by atoms with E-state index in [-0.39, 0.29) is 24.1 Å². The minimum Gasteiger partial charge on any atom is -0.469 e. The second kappa shape index (κ2) is 5.80. The second-order valence-corrected chi connectivity index (χ2v) is 4.54. The minimum absolute atomic E-state index is 0.0174. The van der Waals surface area contributed by atoms with Gasteiger partial charge in [0.2, 0.25) is 0 Å². The summed E-state index contributed by atoms with van der Waals surface area (Å²) < 4.78 is 9.34. The fourth-order valence-corrected chi connectivity index (χ4v) is 2.10. The quantitative estimate of drug-likeness (QED) is 0.709. The Morgan fingerprint density at radius 2 is 2.00 bits per heavy atom. The highest BCUT2D eigenvalue weighted by Gasteiger charge is 2.40. The molecule has 0 unspecified atom stereocenters. The van der Waals surface area contributed by atoms with Crippen LogP contribution in [0.2, 0.25) is 0 Å². The molecule has 5 nitrogen and oxygen atoms in total. The molecule has 0 aromatic heterocycles. The van der Waals surface area contributed by atoms with E-state index in [4.69, 9.17) is 4.74 Å². The smallest absolute Gasteiger partial charge is 0.315 e. The molecule has 0 saturated heterocycles. The van der Waals surface area contributed by atoms with E-state index in [0.717, 1.165) is 0 Å². The number of hydrogen-bond acceptors (Lipinski definition) is 5. The summed E-state index contributed by atoms with van der Waals surface area (Å²) >= 11 is 0. The zero-order chi connectivity index (χ0) is 13.8. The third-order valence-corrected chi connectivity index (χ3v) is 3.38. The van der Waals surface area contributed by atoms with Gasteiger partial charge in [-0.3, -0.25) is 14.4 Å². The van der Waals surface area contributed by atoms with Gasteiger partial charge in [-0.1, -0.05) is 0 Å². The molecule has 0 amide bonds. The van der Waals surface area contributed by atoms with Crippen LogP contribution in [0.1, 0.15) is 32.6 Å². The number of ether oxygens (including phenoxy) is 2. The van der Waals surface area contributed by atoms with Crippen LogP contribution in [0.4, 0.5) is 0 Å². The van der Waals surface area contributed by atoms with Crippen LogP contribution in [-0.4, -0.2) is 31.9 Å². The Morgan fingerprint density at radius 3 is 2.56 bits per heavy atom. The Balaban J connectivity index is 2.89. The maximum atomic E-state index is 11.8. The van der Waals surface area contributed by atoms with Crippen molar-refractivity contribution < 1.29 is 23.9 Å². The summed E-state index contributed by atoms with van der Waals surface area (Å²) in [5, 5.41) is 0. The molecule has 100 valence electrons. The van der Waals surface area contributed by atoms with Crippen molar-refractivity contribution in [1.29, 1.82) is 0 Å². The van der Waals surface area contributed by atoms with Crippen LogP contribution in [-0.2, 0) is 23.9 Å². The van der Waals surface area contributed by atoms with Gasteiger partial charge in [0.1, 0.15) is 0 Å². The lowest BCUT2D eigenvalue weighted by Gasteiger charge is -2.32. The fraction of sp³-hybridized carbons (Fsp3) is 0.615. The van der Waals surface area contributed by atoms with Crippen LogP contribution in [0.15, 0.2) is 11.6 Å². The predicted molar refractivity (Wildman–Crippen MR) is 63.7 cm³/mol. The van der Waals surface area contributed by atoms with E-state index < -0.39 is 5.41 Å². The number of rotatable bonds is 4. The van der Waals surface area contributed by atoms with E-state index in [1.807, 2.05) is 0 Å². The van der Waals surface area contributed by atoms with Crippen molar-refractivity contribution in [3.63, 3.8) is 0 Å². The van der Waals surface area contributed by atoms with Crippen LogP contribution in [0.3, 0.4) is 0 Å². The van der Waals surface area contributed by atoms with Crippen molar-refractivity contribution in [1.82, 2.24) is 0 Å². The van der Waals surface area contributed by atoms with Crippen molar-refractivity contribution in [3.05, 3.63) is 11.6 Å². The number of ketones is 1. The van der Waals surface area contributed by atoms with Crippen molar-refractivity contribution in [2.75, 3.05) is 14.2 Å². The average Bonchev–Trinajstić information content (AvgIpc) is 2.38. The number of methoxy groups -OCH3 is 2. The fourth-order valence-electron chi connectivity index (χ4n) is 2.10. The van der Waals surface area contributed by atoms with Crippen molar-refractivity contribution in [2.45, 2.75) is 32.6 Å². The van der Waals surface area contributed by atoms with Gasteiger partial charge in [-0.05, 0) is 31.4 Å². The summed E-state index contributed by atoms with van der Waals surface area (Å²) in [4.78, 5) is 34.4. The van der Waals surface area contributed by atoms with Crippen LogP contribution >= 0.6 is 0 Å². The van der Waals surface area contributed by atoms with Crippen molar-refractivity contribution in [2.24, 2.45) is 5.41 Å². The molecule has 1 atom stereocenters. The third kappa shape index (κ3) is 2.97. The second-order valence-electron chi connectivity index (χ2n) is 4.54. The summed E-state index contributed by atoms with van der Waals surface area (Å²) in [6.07, 6.45) is 2.70. The first-order chi connectivity index (χ1) is 8.43. The van der Waals surface area contributed by atoms with Gasteiger partial charge in [-0.2, -0.15) is 0 Å². The highest BCUT2D eigenvalue weighted by atomic mass is 16.5. The Bertz CT molecular complexity index is 396. The Labute approximate surface area is 106 Å². The molecular weight excluding hydrogens is 236 g/mol. The summed E-state index contributed by atoms with van der Waals surface area (Å²) in [6, 6.07) is 0. The molecule has 0 heterocycles. The number of esters is 2. The zero-order valence-electron chi connectivity index (χ0n) is 10.9. The molecule has 0 radical (unpaired) electrons. The molecule has 1 aliphatic rings. The molecule has 0 spiro atoms. The molecule has 0 aliphatic heterocycles. The van der Waals surface area contributed by atoms with Crippen molar-refractivity contribution >= 4 is 17.7 Å². The molecule has 1 rings (SSSR count).